The highest BCUT2D eigenvalue weighted by Gasteiger charge is 2.20. The van der Waals surface area contributed by atoms with E-state index in [1.807, 2.05) is 87.5 Å². The van der Waals surface area contributed by atoms with Gasteiger partial charge in [-0.05, 0) is 67.8 Å². The first-order chi connectivity index (χ1) is 13.5. The lowest BCUT2D eigenvalue weighted by molar-refractivity contribution is -0.122. The van der Waals surface area contributed by atoms with Crippen LogP contribution in [0.3, 0.4) is 0 Å². The standard InChI is InChI=1S/C24H25NO3/c1-4-22(28-20-15-17(2)14-18(3)16-20)24(26)25-21-12-8-9-13-23(21)27-19-10-6-5-7-11-19/h5-16,22H,4H2,1-3H3,(H,25,26)/t22-/m1/s1. The molecule has 1 N–H and O–H groups in total. The summed E-state index contributed by atoms with van der Waals surface area (Å²) in [6.07, 6.45) is -0.0356. The minimum Gasteiger partial charge on any atom is -0.481 e. The van der Waals surface area contributed by atoms with Crippen molar-refractivity contribution in [3.63, 3.8) is 0 Å². The van der Waals surface area contributed by atoms with Crippen LogP contribution in [0.2, 0.25) is 0 Å². The molecule has 144 valence electrons. The monoisotopic (exact) mass is 375 g/mol. The summed E-state index contributed by atoms with van der Waals surface area (Å²) in [4.78, 5) is 12.8. The van der Waals surface area contributed by atoms with E-state index in [0.717, 1.165) is 11.1 Å². The highest BCUT2D eigenvalue weighted by atomic mass is 16.5. The predicted octanol–water partition coefficient (Wildman–Crippen LogP) is 5.89. The molecule has 0 radical (unpaired) electrons. The molecule has 0 bridgehead atoms. The summed E-state index contributed by atoms with van der Waals surface area (Å²) in [6, 6.07) is 22.8. The molecule has 0 spiro atoms. The SMILES string of the molecule is CC[C@@H](Oc1cc(C)cc(C)c1)C(=O)Nc1ccccc1Oc1ccccc1. The third-order valence-corrected chi connectivity index (χ3v) is 4.25. The summed E-state index contributed by atoms with van der Waals surface area (Å²) < 4.78 is 11.9. The van der Waals surface area contributed by atoms with Crippen molar-refractivity contribution in [3.05, 3.63) is 83.9 Å². The number of aryl methyl sites for hydroxylation is 2. The fraction of sp³-hybridized carbons (Fsp3) is 0.208. The zero-order valence-electron chi connectivity index (χ0n) is 16.4. The molecule has 4 heteroatoms. The second kappa shape index (κ2) is 9.09. The molecule has 1 amide bonds. The highest BCUT2D eigenvalue weighted by molar-refractivity contribution is 5.95. The molecule has 0 aliphatic carbocycles. The zero-order valence-corrected chi connectivity index (χ0v) is 16.4. The summed E-state index contributed by atoms with van der Waals surface area (Å²) in [5, 5.41) is 2.94. The Kier molecular flexibility index (Phi) is 6.33. The normalized spacial score (nSPS) is 11.5. The molecule has 3 aromatic carbocycles. The third kappa shape index (κ3) is 5.13. The van der Waals surface area contributed by atoms with Gasteiger partial charge in [-0.15, -0.1) is 0 Å². The highest BCUT2D eigenvalue weighted by Crippen LogP contribution is 2.29. The van der Waals surface area contributed by atoms with Gasteiger partial charge in [0.1, 0.15) is 11.5 Å². The molecule has 0 fully saturated rings. The number of hydrogen-bond acceptors (Lipinski definition) is 3. The summed E-state index contributed by atoms with van der Waals surface area (Å²) in [7, 11) is 0. The first kappa shape index (κ1) is 19.5. The molecular formula is C24H25NO3. The van der Waals surface area contributed by atoms with Crippen molar-refractivity contribution in [1.29, 1.82) is 0 Å². The average Bonchev–Trinajstić information content (AvgIpc) is 2.67. The van der Waals surface area contributed by atoms with Crippen molar-refractivity contribution < 1.29 is 14.3 Å². The molecule has 0 unspecified atom stereocenters. The zero-order chi connectivity index (χ0) is 19.9. The van der Waals surface area contributed by atoms with Gasteiger partial charge in [-0.2, -0.15) is 0 Å². The molecule has 0 saturated carbocycles. The maximum absolute atomic E-state index is 12.8. The van der Waals surface area contributed by atoms with Crippen LogP contribution in [0, 0.1) is 13.8 Å². The topological polar surface area (TPSA) is 47.6 Å². The Morgan fingerprint density at radius 3 is 2.21 bits per heavy atom. The van der Waals surface area contributed by atoms with Gasteiger partial charge in [-0.1, -0.05) is 43.3 Å². The number of carbonyl (C=O) groups excluding carboxylic acids is 1. The number of rotatable bonds is 7. The maximum Gasteiger partial charge on any atom is 0.265 e. The number of benzene rings is 3. The van der Waals surface area contributed by atoms with E-state index in [2.05, 4.69) is 11.4 Å². The van der Waals surface area contributed by atoms with E-state index >= 15 is 0 Å². The molecular weight excluding hydrogens is 350 g/mol. The van der Waals surface area contributed by atoms with E-state index in [1.54, 1.807) is 0 Å². The van der Waals surface area contributed by atoms with E-state index in [4.69, 9.17) is 9.47 Å². The molecule has 4 nitrogen and oxygen atoms in total. The molecule has 28 heavy (non-hydrogen) atoms. The van der Waals surface area contributed by atoms with Crippen LogP contribution in [0.1, 0.15) is 24.5 Å². The van der Waals surface area contributed by atoms with E-state index in [0.29, 0.717) is 29.4 Å². The second-order valence-corrected chi connectivity index (χ2v) is 6.74. The van der Waals surface area contributed by atoms with Gasteiger partial charge in [0.05, 0.1) is 5.69 Å². The first-order valence-corrected chi connectivity index (χ1v) is 9.43. The molecule has 0 aromatic heterocycles. The smallest absolute Gasteiger partial charge is 0.265 e. The van der Waals surface area contributed by atoms with Gasteiger partial charge < -0.3 is 14.8 Å². The van der Waals surface area contributed by atoms with E-state index in [-0.39, 0.29) is 5.91 Å². The van der Waals surface area contributed by atoms with Gasteiger partial charge >= 0.3 is 0 Å². The summed E-state index contributed by atoms with van der Waals surface area (Å²) in [6.45, 7) is 5.95. The molecule has 0 aliphatic heterocycles. The lowest BCUT2D eigenvalue weighted by atomic mass is 10.1. The Labute approximate surface area is 166 Å². The summed E-state index contributed by atoms with van der Waals surface area (Å²) in [5.74, 6) is 1.80. The van der Waals surface area contributed by atoms with Crippen molar-refractivity contribution >= 4 is 11.6 Å². The van der Waals surface area contributed by atoms with Crippen LogP contribution in [-0.4, -0.2) is 12.0 Å². The number of carbonyl (C=O) groups is 1. The summed E-state index contributed by atoms with van der Waals surface area (Å²) in [5.41, 5.74) is 2.82. The van der Waals surface area contributed by atoms with Crippen molar-refractivity contribution in [2.75, 3.05) is 5.32 Å². The van der Waals surface area contributed by atoms with Crippen LogP contribution in [-0.2, 0) is 4.79 Å². The Morgan fingerprint density at radius 1 is 0.893 bits per heavy atom. The Balaban J connectivity index is 1.74. The fourth-order valence-corrected chi connectivity index (χ4v) is 2.98. The number of amides is 1. The molecule has 0 heterocycles. The van der Waals surface area contributed by atoms with Gasteiger partial charge in [-0.25, -0.2) is 0 Å². The van der Waals surface area contributed by atoms with Crippen LogP contribution in [0.15, 0.2) is 72.8 Å². The number of ether oxygens (including phenoxy) is 2. The fourth-order valence-electron chi connectivity index (χ4n) is 2.98. The van der Waals surface area contributed by atoms with Gasteiger partial charge in [0.25, 0.3) is 5.91 Å². The summed E-state index contributed by atoms with van der Waals surface area (Å²) >= 11 is 0. The lowest BCUT2D eigenvalue weighted by Crippen LogP contribution is -2.32. The van der Waals surface area contributed by atoms with Gasteiger partial charge in [0.2, 0.25) is 0 Å². The predicted molar refractivity (Wildman–Crippen MR) is 112 cm³/mol. The first-order valence-electron chi connectivity index (χ1n) is 9.43. The molecule has 0 saturated heterocycles. The Bertz CT molecular complexity index is 917. The van der Waals surface area contributed by atoms with Gasteiger partial charge in [0.15, 0.2) is 11.9 Å². The number of anilines is 1. The van der Waals surface area contributed by atoms with Crippen molar-refractivity contribution in [2.45, 2.75) is 33.3 Å². The molecule has 1 atom stereocenters. The van der Waals surface area contributed by atoms with Gasteiger partial charge in [0, 0.05) is 0 Å². The van der Waals surface area contributed by atoms with Crippen molar-refractivity contribution in [1.82, 2.24) is 0 Å². The van der Waals surface area contributed by atoms with Crippen LogP contribution >= 0.6 is 0 Å². The maximum atomic E-state index is 12.8. The Morgan fingerprint density at radius 2 is 1.54 bits per heavy atom. The molecule has 0 aliphatic rings. The Hall–Kier alpha value is -3.27. The molecule has 3 aromatic rings. The van der Waals surface area contributed by atoms with E-state index < -0.39 is 6.10 Å². The van der Waals surface area contributed by atoms with Gasteiger partial charge in [-0.3, -0.25) is 4.79 Å². The van der Waals surface area contributed by atoms with E-state index in [1.165, 1.54) is 0 Å². The van der Waals surface area contributed by atoms with Crippen LogP contribution in [0.5, 0.6) is 17.2 Å². The average molecular weight is 375 g/mol. The lowest BCUT2D eigenvalue weighted by Gasteiger charge is -2.19. The van der Waals surface area contributed by atoms with Crippen LogP contribution < -0.4 is 14.8 Å². The quantitative estimate of drug-likeness (QED) is 0.560. The minimum atomic E-state index is -0.592. The number of hydrogen-bond donors (Lipinski definition) is 1. The van der Waals surface area contributed by atoms with Crippen LogP contribution in [0.25, 0.3) is 0 Å². The number of para-hydroxylation sites is 3. The van der Waals surface area contributed by atoms with Crippen LogP contribution in [0.4, 0.5) is 5.69 Å². The minimum absolute atomic E-state index is 0.203. The molecule has 3 rings (SSSR count). The second-order valence-electron chi connectivity index (χ2n) is 6.74. The largest absolute Gasteiger partial charge is 0.481 e. The third-order valence-electron chi connectivity index (χ3n) is 4.25. The van der Waals surface area contributed by atoms with E-state index in [9.17, 15) is 4.79 Å². The van der Waals surface area contributed by atoms with Crippen molar-refractivity contribution in [3.8, 4) is 17.2 Å². The number of nitrogens with one attached hydrogen (secondary N) is 1. The van der Waals surface area contributed by atoms with Crippen molar-refractivity contribution in [2.24, 2.45) is 0 Å².